The number of rotatable bonds is 14. The van der Waals surface area contributed by atoms with Gasteiger partial charge in [-0.25, -0.2) is 0 Å². The summed E-state index contributed by atoms with van der Waals surface area (Å²) >= 11 is 0. The average molecular weight is 570 g/mol. The first-order valence-electron chi connectivity index (χ1n) is 13.5. The zero-order valence-electron chi connectivity index (χ0n) is 24.2. The number of carbonyl (C=O) groups is 4. The lowest BCUT2D eigenvalue weighted by molar-refractivity contribution is -0.141. The predicted molar refractivity (Wildman–Crippen MR) is 151 cm³/mol. The Labute approximate surface area is 240 Å². The van der Waals surface area contributed by atoms with Crippen molar-refractivity contribution in [2.45, 2.75) is 58.2 Å². The first-order chi connectivity index (χ1) is 19.6. The van der Waals surface area contributed by atoms with E-state index >= 15 is 0 Å². The van der Waals surface area contributed by atoms with Gasteiger partial charge in [-0.05, 0) is 49.1 Å². The molecule has 1 heterocycles. The molecule has 3 N–H and O–H groups in total. The Kier molecular flexibility index (Phi) is 11.1. The number of nitrogens with zero attached hydrogens (tertiary/aromatic N) is 1. The van der Waals surface area contributed by atoms with Crippen LogP contribution >= 0.6 is 0 Å². The largest absolute Gasteiger partial charge is 0.496 e. The number of aliphatic carboxylic acids is 1. The summed E-state index contributed by atoms with van der Waals surface area (Å²) in [4.78, 5) is 52.6. The summed E-state index contributed by atoms with van der Waals surface area (Å²) in [5.41, 5.74) is 3.72. The molecule has 0 aliphatic carbocycles. The number of Topliss-reactive ketones (excluding diaryl/α,β-unsaturated/α-hetero) is 1. The Morgan fingerprint density at radius 2 is 1.59 bits per heavy atom. The number of fused-ring (bicyclic) bond motifs is 1. The van der Waals surface area contributed by atoms with Gasteiger partial charge < -0.3 is 30.0 Å². The topological polar surface area (TPSA) is 144 Å². The predicted octanol–water partition coefficient (Wildman–Crippen LogP) is 2.05. The number of carboxylic acids is 1. The first-order valence-corrected chi connectivity index (χ1v) is 13.5. The van der Waals surface area contributed by atoms with Crippen LogP contribution in [0.3, 0.4) is 0 Å². The Hall–Kier alpha value is -4.12. The van der Waals surface area contributed by atoms with Crippen LogP contribution in [-0.2, 0) is 38.6 Å². The number of nitrogens with one attached hydrogen (secondary N) is 2. The van der Waals surface area contributed by atoms with E-state index in [1.54, 1.807) is 27.2 Å². The number of hydrogen-bond donors (Lipinski definition) is 3. The average Bonchev–Trinajstić information content (AvgIpc) is 2.94. The van der Waals surface area contributed by atoms with Gasteiger partial charge >= 0.3 is 5.97 Å². The van der Waals surface area contributed by atoms with Crippen molar-refractivity contribution in [2.24, 2.45) is 0 Å². The van der Waals surface area contributed by atoms with Crippen LogP contribution in [0, 0.1) is 6.92 Å². The monoisotopic (exact) mass is 569 g/mol. The Morgan fingerprint density at radius 3 is 2.20 bits per heavy atom. The molecule has 2 amide bonds. The van der Waals surface area contributed by atoms with Crippen molar-refractivity contribution in [1.82, 2.24) is 15.5 Å². The molecule has 2 aromatic carbocycles. The number of hydrogen-bond acceptors (Lipinski definition) is 8. The van der Waals surface area contributed by atoms with E-state index in [2.05, 4.69) is 10.6 Å². The van der Waals surface area contributed by atoms with Crippen LogP contribution in [0.25, 0.3) is 0 Å². The molecule has 0 aromatic heterocycles. The molecule has 41 heavy (non-hydrogen) atoms. The standard InChI is InChI=1S/C30H39N3O8/c1-6-22(31-28(35)14-20-11-18(2)7-8-25(20)39-3)30(38)32-23(15-29(36)37)24(34)17-33-10-9-19-12-26(40-4)27(41-5)13-21(19)16-33/h7-8,11-13,22-23H,6,9-10,14-17H2,1-5H3,(H,31,35)(H,32,38)(H,36,37). The summed E-state index contributed by atoms with van der Waals surface area (Å²) in [7, 11) is 4.65. The van der Waals surface area contributed by atoms with Crippen molar-refractivity contribution < 1.29 is 38.5 Å². The molecule has 0 spiro atoms. The normalized spacial score (nSPS) is 14.3. The summed E-state index contributed by atoms with van der Waals surface area (Å²) in [5, 5.41) is 14.7. The van der Waals surface area contributed by atoms with Crippen molar-refractivity contribution >= 4 is 23.6 Å². The molecule has 0 fully saturated rings. The SMILES string of the molecule is CCC(NC(=O)Cc1cc(C)ccc1OC)C(=O)NC(CC(=O)O)C(=O)CN1CCc2cc(OC)c(OC)cc2C1. The van der Waals surface area contributed by atoms with E-state index < -0.39 is 42.1 Å². The lowest BCUT2D eigenvalue weighted by Gasteiger charge is -2.30. The van der Waals surface area contributed by atoms with Gasteiger partial charge in [0.25, 0.3) is 0 Å². The van der Waals surface area contributed by atoms with E-state index in [1.807, 2.05) is 36.1 Å². The van der Waals surface area contributed by atoms with E-state index in [1.165, 1.54) is 7.11 Å². The molecule has 11 nitrogen and oxygen atoms in total. The van der Waals surface area contributed by atoms with Crippen molar-refractivity contribution in [3.8, 4) is 17.2 Å². The lowest BCUT2D eigenvalue weighted by Crippen LogP contribution is -2.53. The van der Waals surface area contributed by atoms with E-state index in [0.29, 0.717) is 42.3 Å². The third-order valence-electron chi connectivity index (χ3n) is 7.11. The highest BCUT2D eigenvalue weighted by molar-refractivity contribution is 5.95. The second kappa shape index (κ2) is 14.5. The third-order valence-corrected chi connectivity index (χ3v) is 7.11. The molecule has 0 radical (unpaired) electrons. The Morgan fingerprint density at radius 1 is 0.927 bits per heavy atom. The van der Waals surface area contributed by atoms with E-state index in [-0.39, 0.29) is 19.4 Å². The Balaban J connectivity index is 1.64. The van der Waals surface area contributed by atoms with Crippen LogP contribution in [0.2, 0.25) is 0 Å². The van der Waals surface area contributed by atoms with Gasteiger partial charge in [-0.3, -0.25) is 24.1 Å². The fourth-order valence-corrected chi connectivity index (χ4v) is 4.92. The van der Waals surface area contributed by atoms with Gasteiger partial charge in [-0.1, -0.05) is 24.6 Å². The second-order valence-electron chi connectivity index (χ2n) is 10.1. The molecular formula is C30H39N3O8. The molecule has 2 atom stereocenters. The van der Waals surface area contributed by atoms with Crippen LogP contribution in [0.1, 0.15) is 42.0 Å². The molecule has 2 unspecified atom stereocenters. The molecule has 3 rings (SSSR count). The van der Waals surface area contributed by atoms with Gasteiger partial charge in [0.05, 0.1) is 46.8 Å². The highest BCUT2D eigenvalue weighted by Crippen LogP contribution is 2.33. The fourth-order valence-electron chi connectivity index (χ4n) is 4.92. The van der Waals surface area contributed by atoms with Crippen LogP contribution in [-0.4, -0.2) is 80.1 Å². The zero-order valence-corrected chi connectivity index (χ0v) is 24.2. The number of methoxy groups -OCH3 is 3. The molecule has 222 valence electrons. The maximum absolute atomic E-state index is 13.2. The number of carboxylic acid groups (broad SMARTS) is 1. The van der Waals surface area contributed by atoms with Gasteiger partial charge in [-0.2, -0.15) is 0 Å². The fraction of sp³-hybridized carbons (Fsp3) is 0.467. The summed E-state index contributed by atoms with van der Waals surface area (Å²) < 4.78 is 16.1. The highest BCUT2D eigenvalue weighted by Gasteiger charge is 2.30. The smallest absolute Gasteiger partial charge is 0.305 e. The molecular weight excluding hydrogens is 530 g/mol. The minimum atomic E-state index is -1.24. The molecule has 1 aliphatic heterocycles. The summed E-state index contributed by atoms with van der Waals surface area (Å²) in [6.45, 7) is 4.63. The van der Waals surface area contributed by atoms with Crippen molar-refractivity contribution in [3.63, 3.8) is 0 Å². The first kappa shape index (κ1) is 31.4. The number of carbonyl (C=O) groups excluding carboxylic acids is 3. The summed E-state index contributed by atoms with van der Waals surface area (Å²) in [6.07, 6.45) is 0.364. The number of ketones is 1. The van der Waals surface area contributed by atoms with Gasteiger partial charge in [0, 0.05) is 18.7 Å². The van der Waals surface area contributed by atoms with Gasteiger partial charge in [0.15, 0.2) is 17.3 Å². The molecule has 0 saturated heterocycles. The Bertz CT molecular complexity index is 1280. The van der Waals surface area contributed by atoms with Gasteiger partial charge in [0.1, 0.15) is 11.8 Å². The van der Waals surface area contributed by atoms with Crippen LogP contribution in [0.15, 0.2) is 30.3 Å². The quantitative estimate of drug-likeness (QED) is 0.311. The minimum absolute atomic E-state index is 0.000781. The number of ether oxygens (including phenoxy) is 3. The number of aryl methyl sites for hydroxylation is 1. The summed E-state index contributed by atoms with van der Waals surface area (Å²) in [5.74, 6) is -0.857. The number of amides is 2. The maximum atomic E-state index is 13.2. The van der Waals surface area contributed by atoms with Crippen LogP contribution in [0.5, 0.6) is 17.2 Å². The van der Waals surface area contributed by atoms with Gasteiger partial charge in [0.2, 0.25) is 11.8 Å². The lowest BCUT2D eigenvalue weighted by atomic mass is 9.98. The zero-order chi connectivity index (χ0) is 30.1. The third kappa shape index (κ3) is 8.43. The molecule has 1 aliphatic rings. The highest BCUT2D eigenvalue weighted by atomic mass is 16.5. The van der Waals surface area contributed by atoms with E-state index in [4.69, 9.17) is 14.2 Å². The van der Waals surface area contributed by atoms with E-state index in [0.717, 1.165) is 16.7 Å². The minimum Gasteiger partial charge on any atom is -0.496 e. The number of benzene rings is 2. The molecule has 11 heteroatoms. The molecule has 2 aromatic rings. The summed E-state index contributed by atoms with van der Waals surface area (Å²) in [6, 6.07) is 7.11. The second-order valence-corrected chi connectivity index (χ2v) is 10.1. The van der Waals surface area contributed by atoms with Crippen LogP contribution < -0.4 is 24.8 Å². The molecule has 0 saturated carbocycles. The van der Waals surface area contributed by atoms with Gasteiger partial charge in [-0.15, -0.1) is 0 Å². The van der Waals surface area contributed by atoms with E-state index in [9.17, 15) is 24.3 Å². The van der Waals surface area contributed by atoms with Crippen molar-refractivity contribution in [2.75, 3.05) is 34.4 Å². The molecule has 0 bridgehead atoms. The van der Waals surface area contributed by atoms with Crippen molar-refractivity contribution in [3.05, 3.63) is 52.6 Å². The maximum Gasteiger partial charge on any atom is 0.305 e. The van der Waals surface area contributed by atoms with Crippen LogP contribution in [0.4, 0.5) is 0 Å². The van der Waals surface area contributed by atoms with Crippen molar-refractivity contribution in [1.29, 1.82) is 0 Å².